The third-order valence-corrected chi connectivity index (χ3v) is 4.15. The number of hydrogen-bond donors (Lipinski definition) is 2. The fraction of sp³-hybridized carbons (Fsp3) is 0.417. The highest BCUT2D eigenvalue weighted by molar-refractivity contribution is 7.89. The second-order valence-electron chi connectivity index (χ2n) is 4.21. The van der Waals surface area contributed by atoms with E-state index in [2.05, 4.69) is 4.72 Å². The van der Waals surface area contributed by atoms with Gasteiger partial charge >= 0.3 is 5.97 Å². The van der Waals surface area contributed by atoms with Gasteiger partial charge < -0.3 is 5.11 Å². The van der Waals surface area contributed by atoms with Crippen molar-refractivity contribution in [2.75, 3.05) is 6.54 Å². The highest BCUT2D eigenvalue weighted by Crippen LogP contribution is 2.13. The Hall–Kier alpha value is -1.47. The maximum absolute atomic E-state index is 13.3. The molecule has 5 nitrogen and oxygen atoms in total. The van der Waals surface area contributed by atoms with Gasteiger partial charge in [-0.3, -0.25) is 4.79 Å². The van der Waals surface area contributed by atoms with Crippen LogP contribution in [0.5, 0.6) is 0 Å². The average Bonchev–Trinajstić information content (AvgIpc) is 2.34. The van der Waals surface area contributed by atoms with Crippen LogP contribution in [-0.4, -0.2) is 26.0 Å². The molecule has 1 rings (SSSR count). The van der Waals surface area contributed by atoms with Gasteiger partial charge in [0.1, 0.15) is 10.7 Å². The zero-order valence-electron chi connectivity index (χ0n) is 10.5. The van der Waals surface area contributed by atoms with Crippen LogP contribution in [-0.2, 0) is 14.8 Å². The Morgan fingerprint density at radius 1 is 1.42 bits per heavy atom. The van der Waals surface area contributed by atoms with Gasteiger partial charge in [-0.15, -0.1) is 0 Å². The van der Waals surface area contributed by atoms with Crippen LogP contribution in [0, 0.1) is 11.7 Å². The number of sulfonamides is 1. The molecule has 0 saturated carbocycles. The van der Waals surface area contributed by atoms with Crippen LogP contribution in [0.3, 0.4) is 0 Å². The van der Waals surface area contributed by atoms with Gasteiger partial charge in [-0.2, -0.15) is 0 Å². The Bertz CT molecular complexity index is 544. The molecule has 1 atom stereocenters. The minimum Gasteiger partial charge on any atom is -0.481 e. The van der Waals surface area contributed by atoms with Gasteiger partial charge in [0.15, 0.2) is 0 Å². The molecule has 19 heavy (non-hydrogen) atoms. The van der Waals surface area contributed by atoms with Crippen molar-refractivity contribution in [1.82, 2.24) is 4.72 Å². The van der Waals surface area contributed by atoms with Crippen molar-refractivity contribution in [2.24, 2.45) is 5.92 Å². The maximum atomic E-state index is 13.3. The van der Waals surface area contributed by atoms with E-state index in [1.807, 2.05) is 0 Å². The molecule has 0 fully saturated rings. The van der Waals surface area contributed by atoms with Gasteiger partial charge in [-0.25, -0.2) is 17.5 Å². The fourth-order valence-electron chi connectivity index (χ4n) is 1.48. The molecule has 0 heterocycles. The molecule has 1 aromatic carbocycles. The quantitative estimate of drug-likeness (QED) is 0.747. The molecule has 0 aliphatic rings. The van der Waals surface area contributed by atoms with E-state index in [9.17, 15) is 17.6 Å². The largest absolute Gasteiger partial charge is 0.481 e. The first kappa shape index (κ1) is 15.6. The molecule has 1 aromatic rings. The van der Waals surface area contributed by atoms with E-state index in [1.54, 1.807) is 6.92 Å². The van der Waals surface area contributed by atoms with E-state index in [0.717, 1.165) is 6.07 Å². The van der Waals surface area contributed by atoms with Crippen molar-refractivity contribution >= 4 is 16.0 Å². The molecule has 0 aliphatic carbocycles. The SMILES string of the molecule is CC(CCCNS(=O)(=O)c1ccccc1F)C(=O)O. The zero-order valence-corrected chi connectivity index (χ0v) is 11.3. The normalized spacial score (nSPS) is 13.2. The highest BCUT2D eigenvalue weighted by atomic mass is 32.2. The summed E-state index contributed by atoms with van der Waals surface area (Å²) in [6.45, 7) is 1.63. The van der Waals surface area contributed by atoms with Crippen molar-refractivity contribution < 1.29 is 22.7 Å². The second kappa shape index (κ2) is 6.63. The zero-order chi connectivity index (χ0) is 14.5. The van der Waals surface area contributed by atoms with Crippen LogP contribution < -0.4 is 4.72 Å². The molecule has 0 aliphatic heterocycles. The molecule has 0 radical (unpaired) electrons. The summed E-state index contributed by atoms with van der Waals surface area (Å²) in [5.41, 5.74) is 0. The monoisotopic (exact) mass is 289 g/mol. The summed E-state index contributed by atoms with van der Waals surface area (Å²) in [5.74, 6) is -2.26. The van der Waals surface area contributed by atoms with E-state index < -0.39 is 32.6 Å². The average molecular weight is 289 g/mol. The molecule has 7 heteroatoms. The number of carbonyl (C=O) groups is 1. The minimum atomic E-state index is -3.88. The number of aliphatic carboxylic acids is 1. The van der Waals surface area contributed by atoms with Gasteiger partial charge in [-0.1, -0.05) is 19.1 Å². The van der Waals surface area contributed by atoms with Crippen LogP contribution in [0.15, 0.2) is 29.2 Å². The van der Waals surface area contributed by atoms with E-state index in [1.165, 1.54) is 18.2 Å². The molecular formula is C12H16FNO4S. The maximum Gasteiger partial charge on any atom is 0.306 e. The molecule has 0 amide bonds. The molecule has 0 spiro atoms. The summed E-state index contributed by atoms with van der Waals surface area (Å²) in [5, 5.41) is 8.67. The molecule has 2 N–H and O–H groups in total. The lowest BCUT2D eigenvalue weighted by Crippen LogP contribution is -2.26. The lowest BCUT2D eigenvalue weighted by Gasteiger charge is -2.08. The standard InChI is InChI=1S/C12H16FNO4S/c1-9(12(15)16)5-4-8-14-19(17,18)11-7-3-2-6-10(11)13/h2-3,6-7,9,14H,4-5,8H2,1H3,(H,15,16). The van der Waals surface area contributed by atoms with E-state index in [0.29, 0.717) is 12.8 Å². The Kier molecular flexibility index (Phi) is 5.44. The number of carboxylic acids is 1. The lowest BCUT2D eigenvalue weighted by atomic mass is 10.1. The van der Waals surface area contributed by atoms with Gasteiger partial charge in [0.2, 0.25) is 10.0 Å². The summed E-state index contributed by atoms with van der Waals surface area (Å²) in [6.07, 6.45) is 0.732. The van der Waals surface area contributed by atoms with Crippen LogP contribution in [0.2, 0.25) is 0 Å². The van der Waals surface area contributed by atoms with Gasteiger partial charge in [0, 0.05) is 6.54 Å². The van der Waals surface area contributed by atoms with Crippen molar-refractivity contribution in [3.8, 4) is 0 Å². The number of carboxylic acid groups (broad SMARTS) is 1. The molecule has 0 saturated heterocycles. The molecule has 0 bridgehead atoms. The first-order chi connectivity index (χ1) is 8.84. The summed E-state index contributed by atoms with van der Waals surface area (Å²) in [6, 6.07) is 5.09. The van der Waals surface area contributed by atoms with Crippen molar-refractivity contribution in [2.45, 2.75) is 24.7 Å². The Balaban J connectivity index is 2.53. The fourth-order valence-corrected chi connectivity index (χ4v) is 2.63. The summed E-state index contributed by atoms with van der Waals surface area (Å²) < 4.78 is 39.1. The van der Waals surface area contributed by atoms with Gasteiger partial charge in [-0.05, 0) is 25.0 Å². The Morgan fingerprint density at radius 2 is 2.05 bits per heavy atom. The molecule has 106 valence electrons. The van der Waals surface area contributed by atoms with Crippen LogP contribution in [0.25, 0.3) is 0 Å². The van der Waals surface area contributed by atoms with Crippen LogP contribution >= 0.6 is 0 Å². The summed E-state index contributed by atoms with van der Waals surface area (Å²) in [4.78, 5) is 10.2. The first-order valence-electron chi connectivity index (χ1n) is 5.81. The molecule has 1 unspecified atom stereocenters. The highest BCUT2D eigenvalue weighted by Gasteiger charge is 2.18. The van der Waals surface area contributed by atoms with Crippen molar-refractivity contribution in [3.63, 3.8) is 0 Å². The number of benzene rings is 1. The third-order valence-electron chi connectivity index (χ3n) is 2.65. The van der Waals surface area contributed by atoms with Gasteiger partial charge in [0.25, 0.3) is 0 Å². The van der Waals surface area contributed by atoms with E-state index in [4.69, 9.17) is 5.11 Å². The smallest absolute Gasteiger partial charge is 0.306 e. The van der Waals surface area contributed by atoms with E-state index in [-0.39, 0.29) is 6.54 Å². The topological polar surface area (TPSA) is 83.5 Å². The third kappa shape index (κ3) is 4.60. The molecule has 0 aromatic heterocycles. The second-order valence-corrected chi connectivity index (χ2v) is 5.95. The Morgan fingerprint density at radius 3 is 2.63 bits per heavy atom. The first-order valence-corrected chi connectivity index (χ1v) is 7.30. The molecular weight excluding hydrogens is 273 g/mol. The van der Waals surface area contributed by atoms with E-state index >= 15 is 0 Å². The van der Waals surface area contributed by atoms with Crippen LogP contribution in [0.1, 0.15) is 19.8 Å². The summed E-state index contributed by atoms with van der Waals surface area (Å²) in [7, 11) is -3.88. The van der Waals surface area contributed by atoms with Crippen LogP contribution in [0.4, 0.5) is 4.39 Å². The van der Waals surface area contributed by atoms with Crippen molar-refractivity contribution in [3.05, 3.63) is 30.1 Å². The summed E-state index contributed by atoms with van der Waals surface area (Å²) >= 11 is 0. The lowest BCUT2D eigenvalue weighted by molar-refractivity contribution is -0.141. The number of rotatable bonds is 7. The Labute approximate surface area is 111 Å². The number of nitrogens with one attached hydrogen (secondary N) is 1. The number of halogens is 1. The predicted octanol–water partition coefficient (Wildman–Crippen LogP) is 1.60. The van der Waals surface area contributed by atoms with Gasteiger partial charge in [0.05, 0.1) is 5.92 Å². The predicted molar refractivity (Wildman–Crippen MR) is 67.6 cm³/mol. The minimum absolute atomic E-state index is 0.0777. The number of hydrogen-bond acceptors (Lipinski definition) is 3. The van der Waals surface area contributed by atoms with Crippen molar-refractivity contribution in [1.29, 1.82) is 0 Å².